The van der Waals surface area contributed by atoms with Gasteiger partial charge in [-0.25, -0.2) is 12.8 Å². The minimum atomic E-state index is -4.11. The zero-order chi connectivity index (χ0) is 14.0. The van der Waals surface area contributed by atoms with E-state index in [4.69, 9.17) is 0 Å². The highest BCUT2D eigenvalue weighted by Gasteiger charge is 2.19. The van der Waals surface area contributed by atoms with E-state index in [1.54, 1.807) is 13.0 Å². The molecule has 19 heavy (non-hydrogen) atoms. The molecule has 2 aromatic rings. The first kappa shape index (κ1) is 13.3. The second-order valence-corrected chi connectivity index (χ2v) is 5.61. The Bertz CT molecular complexity index is 769. The summed E-state index contributed by atoms with van der Waals surface area (Å²) in [7, 11) is -4.11. The zero-order valence-corrected chi connectivity index (χ0v) is 10.8. The number of benzene rings is 1. The van der Waals surface area contributed by atoms with Crippen LogP contribution in [-0.4, -0.2) is 13.4 Å². The number of hydrogen-bond acceptors (Lipinski definition) is 3. The van der Waals surface area contributed by atoms with E-state index in [9.17, 15) is 17.6 Å². The van der Waals surface area contributed by atoms with E-state index in [0.29, 0.717) is 5.56 Å². The molecular formula is C12H11FN2O3S. The van der Waals surface area contributed by atoms with Crippen molar-refractivity contribution in [1.29, 1.82) is 0 Å². The largest absolute Gasteiger partial charge is 0.366 e. The van der Waals surface area contributed by atoms with Gasteiger partial charge in [0.15, 0.2) is 4.90 Å². The third-order valence-corrected chi connectivity index (χ3v) is 3.83. The molecule has 100 valence electrons. The summed E-state index contributed by atoms with van der Waals surface area (Å²) in [5.41, 5.74) is -0.203. The molecule has 1 aromatic carbocycles. The van der Waals surface area contributed by atoms with E-state index in [0.717, 1.165) is 12.3 Å². The summed E-state index contributed by atoms with van der Waals surface area (Å²) in [4.78, 5) is 13.5. The van der Waals surface area contributed by atoms with Gasteiger partial charge in [0.1, 0.15) is 5.82 Å². The maximum atomic E-state index is 13.6. The van der Waals surface area contributed by atoms with E-state index in [2.05, 4.69) is 4.98 Å². The molecule has 0 bridgehead atoms. The average Bonchev–Trinajstić information content (AvgIpc) is 2.33. The number of aromatic nitrogens is 1. The Balaban J connectivity index is 2.43. The quantitative estimate of drug-likeness (QED) is 0.898. The van der Waals surface area contributed by atoms with Crippen molar-refractivity contribution >= 4 is 15.7 Å². The lowest BCUT2D eigenvalue weighted by molar-refractivity contribution is 0.597. The molecule has 0 amide bonds. The van der Waals surface area contributed by atoms with Gasteiger partial charge in [0.25, 0.3) is 10.0 Å². The highest BCUT2D eigenvalue weighted by Crippen LogP contribution is 2.18. The Labute approximate surface area is 109 Å². The second-order valence-electron chi connectivity index (χ2n) is 3.96. The number of aryl methyl sites for hydroxylation is 1. The topological polar surface area (TPSA) is 79.0 Å². The maximum Gasteiger partial charge on any atom is 0.267 e. The first-order valence-corrected chi connectivity index (χ1v) is 6.84. The molecule has 5 nitrogen and oxygen atoms in total. The predicted molar refractivity (Wildman–Crippen MR) is 69.0 cm³/mol. The summed E-state index contributed by atoms with van der Waals surface area (Å²) < 4.78 is 39.6. The number of anilines is 1. The molecule has 1 aromatic heterocycles. The predicted octanol–water partition coefficient (Wildman–Crippen LogP) is 1.62. The van der Waals surface area contributed by atoms with Crippen LogP contribution in [0.25, 0.3) is 0 Å². The summed E-state index contributed by atoms with van der Waals surface area (Å²) in [6.07, 6.45) is 2.37. The molecule has 0 fully saturated rings. The summed E-state index contributed by atoms with van der Waals surface area (Å²) in [5, 5.41) is 0. The summed E-state index contributed by atoms with van der Waals surface area (Å²) in [5.74, 6) is -0.698. The van der Waals surface area contributed by atoms with Gasteiger partial charge in [0.05, 0.1) is 5.69 Å². The monoisotopic (exact) mass is 282 g/mol. The standard InChI is InChI=1S/C12H11FN2O3S/c1-8-2-3-10(9(13)6-8)15-19(17,18)12-7-14-5-4-11(12)16/h2-7,15H,1H3,(H,14,16). The van der Waals surface area contributed by atoms with Gasteiger partial charge in [-0.3, -0.25) is 9.52 Å². The van der Waals surface area contributed by atoms with E-state index >= 15 is 0 Å². The Morgan fingerprint density at radius 3 is 2.63 bits per heavy atom. The zero-order valence-electron chi connectivity index (χ0n) is 9.98. The minimum absolute atomic E-state index is 0.200. The normalized spacial score (nSPS) is 11.3. The number of nitrogens with one attached hydrogen (secondary N) is 2. The summed E-state index contributed by atoms with van der Waals surface area (Å²) in [6.45, 7) is 1.68. The molecular weight excluding hydrogens is 271 g/mol. The van der Waals surface area contributed by atoms with Crippen molar-refractivity contribution in [3.8, 4) is 0 Å². The van der Waals surface area contributed by atoms with Crippen LogP contribution >= 0.6 is 0 Å². The first-order valence-electron chi connectivity index (χ1n) is 5.36. The lowest BCUT2D eigenvalue weighted by atomic mass is 10.2. The molecule has 0 saturated carbocycles. The lowest BCUT2D eigenvalue weighted by Gasteiger charge is -2.08. The Kier molecular flexibility index (Phi) is 3.39. The van der Waals surface area contributed by atoms with Gasteiger partial charge in [0, 0.05) is 18.5 Å². The Morgan fingerprint density at radius 2 is 2.00 bits per heavy atom. The van der Waals surface area contributed by atoms with Crippen LogP contribution in [0.15, 0.2) is 46.3 Å². The Hall–Kier alpha value is -2.15. The van der Waals surface area contributed by atoms with Gasteiger partial charge in [-0.05, 0) is 24.6 Å². The number of sulfonamides is 1. The first-order chi connectivity index (χ1) is 8.90. The van der Waals surface area contributed by atoms with E-state index in [-0.39, 0.29) is 5.69 Å². The maximum absolute atomic E-state index is 13.6. The van der Waals surface area contributed by atoms with Crippen LogP contribution in [0.4, 0.5) is 10.1 Å². The Morgan fingerprint density at radius 1 is 1.26 bits per heavy atom. The van der Waals surface area contributed by atoms with Crippen molar-refractivity contribution in [2.45, 2.75) is 11.8 Å². The number of rotatable bonds is 3. The van der Waals surface area contributed by atoms with Gasteiger partial charge >= 0.3 is 0 Å². The van der Waals surface area contributed by atoms with Crippen molar-refractivity contribution in [3.05, 3.63) is 58.3 Å². The molecule has 0 spiro atoms. The van der Waals surface area contributed by atoms with Crippen molar-refractivity contribution in [1.82, 2.24) is 4.98 Å². The SMILES string of the molecule is Cc1ccc(NS(=O)(=O)c2c[nH]ccc2=O)c(F)c1. The van der Waals surface area contributed by atoms with Crippen molar-refractivity contribution in [2.75, 3.05) is 4.72 Å². The van der Waals surface area contributed by atoms with Crippen LogP contribution in [-0.2, 0) is 10.0 Å². The third kappa shape index (κ3) is 2.82. The fourth-order valence-corrected chi connectivity index (χ4v) is 2.63. The van der Waals surface area contributed by atoms with Crippen molar-refractivity contribution in [3.63, 3.8) is 0 Å². The van der Waals surface area contributed by atoms with E-state index in [1.165, 1.54) is 18.3 Å². The molecule has 0 atom stereocenters. The van der Waals surface area contributed by atoms with E-state index < -0.39 is 26.2 Å². The van der Waals surface area contributed by atoms with E-state index in [1.807, 2.05) is 4.72 Å². The van der Waals surface area contributed by atoms with Crippen LogP contribution in [0.5, 0.6) is 0 Å². The molecule has 0 radical (unpaired) electrons. The third-order valence-electron chi connectivity index (χ3n) is 2.45. The highest BCUT2D eigenvalue weighted by molar-refractivity contribution is 7.92. The number of halogens is 1. The summed E-state index contributed by atoms with van der Waals surface area (Å²) >= 11 is 0. The minimum Gasteiger partial charge on any atom is -0.366 e. The summed E-state index contributed by atoms with van der Waals surface area (Å²) in [6, 6.07) is 5.16. The smallest absolute Gasteiger partial charge is 0.267 e. The van der Waals surface area contributed by atoms with Crippen LogP contribution in [0.1, 0.15) is 5.56 Å². The van der Waals surface area contributed by atoms with Crippen molar-refractivity contribution in [2.24, 2.45) is 0 Å². The molecule has 0 saturated heterocycles. The fourth-order valence-electron chi connectivity index (χ4n) is 1.51. The number of H-pyrrole nitrogens is 1. The van der Waals surface area contributed by atoms with Crippen LogP contribution in [0.3, 0.4) is 0 Å². The van der Waals surface area contributed by atoms with Crippen LogP contribution in [0, 0.1) is 12.7 Å². The van der Waals surface area contributed by atoms with Gasteiger partial charge in [-0.2, -0.15) is 0 Å². The average molecular weight is 282 g/mol. The molecule has 0 aliphatic carbocycles. The molecule has 0 aliphatic rings. The van der Waals surface area contributed by atoms with Gasteiger partial charge in [-0.15, -0.1) is 0 Å². The lowest BCUT2D eigenvalue weighted by Crippen LogP contribution is -2.21. The van der Waals surface area contributed by atoms with Gasteiger partial charge in [0.2, 0.25) is 5.43 Å². The fraction of sp³-hybridized carbons (Fsp3) is 0.0833. The van der Waals surface area contributed by atoms with Gasteiger partial charge < -0.3 is 4.98 Å². The van der Waals surface area contributed by atoms with Crippen molar-refractivity contribution < 1.29 is 12.8 Å². The molecule has 7 heteroatoms. The van der Waals surface area contributed by atoms with Crippen LogP contribution in [0.2, 0.25) is 0 Å². The number of pyridine rings is 1. The molecule has 2 rings (SSSR count). The number of aromatic amines is 1. The molecule has 1 heterocycles. The highest BCUT2D eigenvalue weighted by atomic mass is 32.2. The van der Waals surface area contributed by atoms with Gasteiger partial charge in [-0.1, -0.05) is 6.07 Å². The molecule has 0 aliphatic heterocycles. The molecule has 2 N–H and O–H groups in total. The van der Waals surface area contributed by atoms with Crippen LogP contribution < -0.4 is 10.2 Å². The number of hydrogen-bond donors (Lipinski definition) is 2. The molecule has 0 unspecified atom stereocenters. The second kappa shape index (κ2) is 4.85.